The molecule has 47 heavy (non-hydrogen) atoms. The highest BCUT2D eigenvalue weighted by atomic mass is 32.2. The summed E-state index contributed by atoms with van der Waals surface area (Å²) in [6.07, 6.45) is -3.44. The Morgan fingerprint density at radius 1 is 0.851 bits per heavy atom. The number of amidine groups is 1. The van der Waals surface area contributed by atoms with Gasteiger partial charge < -0.3 is 28.6 Å². The molecule has 2 aromatic rings. The van der Waals surface area contributed by atoms with Crippen LogP contribution in [0.3, 0.4) is 0 Å². The van der Waals surface area contributed by atoms with Gasteiger partial charge in [0.05, 0.1) is 6.54 Å². The van der Waals surface area contributed by atoms with E-state index in [1.807, 2.05) is 73.6 Å². The summed E-state index contributed by atoms with van der Waals surface area (Å²) in [5.41, 5.74) is 1.57. The molecule has 0 unspecified atom stereocenters. The Bertz CT molecular complexity index is 1540. The first-order valence-corrected chi connectivity index (χ1v) is 15.6. The van der Waals surface area contributed by atoms with E-state index in [9.17, 15) is 24.0 Å². The van der Waals surface area contributed by atoms with Crippen LogP contribution in [0.5, 0.6) is 0 Å². The molecule has 0 N–H and O–H groups in total. The minimum absolute atomic E-state index is 0.159. The molecule has 0 aliphatic carbocycles. The second-order valence-electron chi connectivity index (χ2n) is 11.0. The predicted molar refractivity (Wildman–Crippen MR) is 173 cm³/mol. The summed E-state index contributed by atoms with van der Waals surface area (Å²) in [5.74, 6) is -3.21. The van der Waals surface area contributed by atoms with Gasteiger partial charge >= 0.3 is 23.9 Å². The molecule has 2 aliphatic rings. The van der Waals surface area contributed by atoms with Crippen LogP contribution in [-0.4, -0.2) is 90.4 Å². The number of hydrogen-bond acceptors (Lipinski definition) is 13. The Morgan fingerprint density at radius 3 is 2.02 bits per heavy atom. The highest BCUT2D eigenvalue weighted by Gasteiger charge is 2.53. The zero-order chi connectivity index (χ0) is 34.2. The Kier molecular flexibility index (Phi) is 11.8. The largest absolute Gasteiger partial charge is 0.463 e. The number of hydrogen-bond donors (Lipinski definition) is 0. The maximum Gasteiger partial charge on any atom is 0.303 e. The maximum absolute atomic E-state index is 13.8. The molecule has 1 saturated heterocycles. The standard InChI is InChI=1S/C33H37N3O10S/c1-19(37)42-18-27-28(43-20(2)38)29(44-21(3)39)30(45-22(4)40)32(46-27)47-33-34-26(16-23-12-14-25(15-13-23)35(5)6)31(41)36(33)17-24-10-8-7-9-11-24/h7-16,27-30,32H,17-18H2,1-6H3/b26-16-/t27-,28-,29+,30-,32+/m1/s1. The Hall–Kier alpha value is -4.69. The first-order valence-electron chi connectivity index (χ1n) is 14.7. The minimum Gasteiger partial charge on any atom is -0.463 e. The molecule has 2 heterocycles. The van der Waals surface area contributed by atoms with Crippen molar-refractivity contribution in [3.63, 3.8) is 0 Å². The lowest BCUT2D eigenvalue weighted by Gasteiger charge is -2.44. The Balaban J connectivity index is 1.75. The highest BCUT2D eigenvalue weighted by Crippen LogP contribution is 2.38. The second-order valence-corrected chi connectivity index (χ2v) is 12.0. The number of carbonyl (C=O) groups is 5. The first kappa shape index (κ1) is 35.2. The molecule has 1 amide bonds. The number of carbonyl (C=O) groups excluding carboxylic acids is 5. The van der Waals surface area contributed by atoms with Crippen LogP contribution in [0.25, 0.3) is 6.08 Å². The molecule has 2 aromatic carbocycles. The topological polar surface area (TPSA) is 150 Å². The van der Waals surface area contributed by atoms with Gasteiger partial charge in [0.25, 0.3) is 5.91 Å². The molecular weight excluding hydrogens is 630 g/mol. The van der Waals surface area contributed by atoms with E-state index in [1.54, 1.807) is 6.08 Å². The van der Waals surface area contributed by atoms with Crippen LogP contribution < -0.4 is 4.90 Å². The molecule has 250 valence electrons. The van der Waals surface area contributed by atoms with Crippen LogP contribution in [0.2, 0.25) is 0 Å². The predicted octanol–water partition coefficient (Wildman–Crippen LogP) is 3.31. The van der Waals surface area contributed by atoms with Gasteiger partial charge in [0.1, 0.15) is 18.4 Å². The summed E-state index contributed by atoms with van der Waals surface area (Å²) in [5, 5.41) is 0.218. The summed E-state index contributed by atoms with van der Waals surface area (Å²) in [4.78, 5) is 70.3. The van der Waals surface area contributed by atoms with Gasteiger partial charge in [0.2, 0.25) is 0 Å². The summed E-state index contributed by atoms with van der Waals surface area (Å²) in [6.45, 7) is 4.45. The summed E-state index contributed by atoms with van der Waals surface area (Å²) < 4.78 is 28.1. The van der Waals surface area contributed by atoms with E-state index in [0.29, 0.717) is 0 Å². The van der Waals surface area contributed by atoms with Gasteiger partial charge in [-0.05, 0) is 29.3 Å². The van der Waals surface area contributed by atoms with E-state index in [1.165, 1.54) is 18.7 Å². The van der Waals surface area contributed by atoms with Crippen molar-refractivity contribution in [3.8, 4) is 0 Å². The zero-order valence-corrected chi connectivity index (χ0v) is 27.7. The van der Waals surface area contributed by atoms with Crippen LogP contribution >= 0.6 is 11.8 Å². The number of aliphatic imine (C=N–C) groups is 1. The third-order valence-corrected chi connectivity index (χ3v) is 8.11. The number of benzene rings is 2. The molecule has 14 heteroatoms. The fourth-order valence-electron chi connectivity index (χ4n) is 4.94. The van der Waals surface area contributed by atoms with E-state index in [-0.39, 0.29) is 29.9 Å². The normalized spacial score (nSPS) is 23.1. The van der Waals surface area contributed by atoms with Crippen molar-refractivity contribution < 1.29 is 47.7 Å². The lowest BCUT2D eigenvalue weighted by atomic mass is 9.99. The van der Waals surface area contributed by atoms with E-state index < -0.39 is 53.7 Å². The fourth-order valence-corrected chi connectivity index (χ4v) is 6.12. The number of esters is 4. The summed E-state index contributed by atoms with van der Waals surface area (Å²) in [6, 6.07) is 16.9. The quantitative estimate of drug-likeness (QED) is 0.208. The van der Waals surface area contributed by atoms with Gasteiger partial charge in [-0.2, -0.15) is 0 Å². The average Bonchev–Trinajstić information content (AvgIpc) is 3.28. The van der Waals surface area contributed by atoms with Gasteiger partial charge in [-0.15, -0.1) is 0 Å². The highest BCUT2D eigenvalue weighted by molar-refractivity contribution is 8.14. The van der Waals surface area contributed by atoms with Crippen molar-refractivity contribution in [2.24, 2.45) is 4.99 Å². The number of anilines is 1. The number of thioether (sulfide) groups is 1. The molecule has 5 atom stereocenters. The summed E-state index contributed by atoms with van der Waals surface area (Å²) >= 11 is 0.956. The molecule has 0 bridgehead atoms. The Morgan fingerprint density at radius 2 is 1.45 bits per heavy atom. The van der Waals surface area contributed by atoms with Gasteiger partial charge in [0.15, 0.2) is 28.9 Å². The van der Waals surface area contributed by atoms with Crippen molar-refractivity contribution in [1.82, 2.24) is 4.90 Å². The lowest BCUT2D eigenvalue weighted by molar-refractivity contribution is -0.237. The monoisotopic (exact) mass is 667 g/mol. The van der Waals surface area contributed by atoms with Crippen molar-refractivity contribution in [3.05, 3.63) is 71.4 Å². The molecule has 0 aromatic heterocycles. The third-order valence-electron chi connectivity index (χ3n) is 6.98. The smallest absolute Gasteiger partial charge is 0.303 e. The van der Waals surface area contributed by atoms with E-state index in [4.69, 9.17) is 23.7 Å². The number of rotatable bonds is 10. The van der Waals surface area contributed by atoms with Crippen molar-refractivity contribution in [1.29, 1.82) is 0 Å². The molecule has 1 fully saturated rings. The zero-order valence-electron chi connectivity index (χ0n) is 26.9. The third kappa shape index (κ3) is 9.42. The van der Waals surface area contributed by atoms with Gasteiger partial charge in [-0.25, -0.2) is 4.99 Å². The molecule has 0 spiro atoms. The fraction of sp³-hybridized carbons (Fsp3) is 0.394. The van der Waals surface area contributed by atoms with Gasteiger partial charge in [-0.3, -0.25) is 28.9 Å². The molecule has 2 aliphatic heterocycles. The number of amides is 1. The van der Waals surface area contributed by atoms with Crippen LogP contribution in [0.1, 0.15) is 38.8 Å². The van der Waals surface area contributed by atoms with Crippen LogP contribution in [0.4, 0.5) is 5.69 Å². The summed E-state index contributed by atoms with van der Waals surface area (Å²) in [7, 11) is 3.85. The first-order chi connectivity index (χ1) is 22.3. The van der Waals surface area contributed by atoms with Crippen molar-refractivity contribution in [2.45, 2.75) is 64.1 Å². The van der Waals surface area contributed by atoms with Gasteiger partial charge in [-0.1, -0.05) is 54.2 Å². The average molecular weight is 668 g/mol. The van der Waals surface area contributed by atoms with Crippen LogP contribution in [-0.2, 0) is 54.2 Å². The van der Waals surface area contributed by atoms with Crippen LogP contribution in [0, 0.1) is 0 Å². The SMILES string of the molecule is CC(=O)OC[C@H]1O[C@@H](SC2=N/C(=C\c3ccc(N(C)C)cc3)C(=O)N2Cc2ccccc2)[C@H](OC(C)=O)[C@@H](OC(C)=O)[C@@H]1OC(C)=O. The Labute approximate surface area is 276 Å². The molecular formula is C33H37N3O10S. The van der Waals surface area contributed by atoms with E-state index >= 15 is 0 Å². The van der Waals surface area contributed by atoms with E-state index in [0.717, 1.165) is 42.4 Å². The van der Waals surface area contributed by atoms with Gasteiger partial charge in [0, 0.05) is 47.5 Å². The maximum atomic E-state index is 13.8. The van der Waals surface area contributed by atoms with Crippen LogP contribution in [0.15, 0.2) is 65.3 Å². The molecule has 0 radical (unpaired) electrons. The lowest BCUT2D eigenvalue weighted by Crippen LogP contribution is -2.61. The molecule has 13 nitrogen and oxygen atoms in total. The number of nitrogens with zero attached hydrogens (tertiary/aromatic N) is 3. The second kappa shape index (κ2) is 15.7. The molecule has 0 saturated carbocycles. The van der Waals surface area contributed by atoms with E-state index in [2.05, 4.69) is 4.99 Å². The van der Waals surface area contributed by atoms with Crippen molar-refractivity contribution in [2.75, 3.05) is 25.6 Å². The minimum atomic E-state index is -1.35. The molecule has 4 rings (SSSR count). The number of ether oxygens (including phenoxy) is 5. The van der Waals surface area contributed by atoms with Crippen molar-refractivity contribution >= 4 is 58.5 Å².